The second-order valence-electron chi connectivity index (χ2n) is 7.47. The smallest absolute Gasteiger partial charge is 0.257 e. The molecule has 1 aliphatic heterocycles. The van der Waals surface area contributed by atoms with Gasteiger partial charge < -0.3 is 15.0 Å². The van der Waals surface area contributed by atoms with Crippen LogP contribution < -0.4 is 15.6 Å². The number of allylic oxidation sites excluding steroid dienone is 2. The lowest BCUT2D eigenvalue weighted by atomic mass is 9.76. The molecule has 6 nitrogen and oxygen atoms in total. The first-order valence-electron chi connectivity index (χ1n) is 9.99. The standard InChI is InChI=1S/C22H25N3O3S/c1-4-12(2)29-22-24-20-19(21(27)25-22)17(13-7-5-8-14(11-13)28-3)18-15(23-20)9-6-10-16(18)26/h5,7-8,11-12,17H,4,6,9-10H2,1-3H3,(H2,23,24,25,27)/t12-,17+/m0/s1. The molecule has 2 N–H and O–H groups in total. The SMILES string of the molecule is CC[C@H](C)Sc1nc2c(c(=O)[nH]1)[C@H](c1cccc(OC)c1)C1=C(CCCC1=O)N2. The third-order valence-corrected chi connectivity index (χ3v) is 6.70. The van der Waals surface area contributed by atoms with Crippen molar-refractivity contribution in [2.24, 2.45) is 0 Å². The molecule has 0 saturated heterocycles. The van der Waals surface area contributed by atoms with Crippen LogP contribution in [0.1, 0.15) is 56.6 Å². The number of H-pyrrole nitrogens is 1. The molecule has 0 saturated carbocycles. The summed E-state index contributed by atoms with van der Waals surface area (Å²) < 4.78 is 5.38. The van der Waals surface area contributed by atoms with E-state index >= 15 is 0 Å². The van der Waals surface area contributed by atoms with Crippen LogP contribution in [0.4, 0.5) is 5.82 Å². The number of thioether (sulfide) groups is 1. The van der Waals surface area contributed by atoms with Crippen molar-refractivity contribution < 1.29 is 9.53 Å². The van der Waals surface area contributed by atoms with Gasteiger partial charge in [-0.15, -0.1) is 0 Å². The molecule has 0 spiro atoms. The summed E-state index contributed by atoms with van der Waals surface area (Å²) in [6.07, 6.45) is 3.07. The lowest BCUT2D eigenvalue weighted by molar-refractivity contribution is -0.116. The number of ether oxygens (including phenoxy) is 1. The zero-order valence-corrected chi connectivity index (χ0v) is 17.7. The van der Waals surface area contributed by atoms with E-state index < -0.39 is 5.92 Å². The van der Waals surface area contributed by atoms with Gasteiger partial charge in [0.1, 0.15) is 11.6 Å². The number of carbonyl (C=O) groups excluding carboxylic acids is 1. The summed E-state index contributed by atoms with van der Waals surface area (Å²) in [6.45, 7) is 4.22. The van der Waals surface area contributed by atoms with E-state index in [0.717, 1.165) is 30.5 Å². The Morgan fingerprint density at radius 3 is 2.90 bits per heavy atom. The molecule has 2 atom stereocenters. The highest BCUT2D eigenvalue weighted by Gasteiger charge is 2.38. The van der Waals surface area contributed by atoms with Crippen LogP contribution in [0.25, 0.3) is 0 Å². The van der Waals surface area contributed by atoms with Gasteiger partial charge in [-0.1, -0.05) is 37.7 Å². The van der Waals surface area contributed by atoms with Crippen molar-refractivity contribution in [2.75, 3.05) is 12.4 Å². The lowest BCUT2D eigenvalue weighted by Gasteiger charge is -2.33. The summed E-state index contributed by atoms with van der Waals surface area (Å²) in [5.41, 5.74) is 2.74. The van der Waals surface area contributed by atoms with Gasteiger partial charge in [0, 0.05) is 28.9 Å². The topological polar surface area (TPSA) is 84.1 Å². The maximum atomic E-state index is 13.2. The minimum atomic E-state index is -0.442. The maximum Gasteiger partial charge on any atom is 0.257 e. The number of nitrogens with zero attached hydrogens (tertiary/aromatic N) is 1. The van der Waals surface area contributed by atoms with Gasteiger partial charge in [-0.3, -0.25) is 9.59 Å². The molecule has 29 heavy (non-hydrogen) atoms. The first-order valence-corrected chi connectivity index (χ1v) is 10.9. The fourth-order valence-electron chi connectivity index (χ4n) is 3.92. The number of benzene rings is 1. The third-order valence-electron chi connectivity index (χ3n) is 5.55. The Bertz CT molecular complexity index is 1040. The zero-order valence-electron chi connectivity index (χ0n) is 16.9. The number of rotatable bonds is 5. The quantitative estimate of drug-likeness (QED) is 0.566. The second kappa shape index (κ2) is 8.06. The zero-order chi connectivity index (χ0) is 20.5. The fourth-order valence-corrected chi connectivity index (χ4v) is 4.77. The molecule has 1 aliphatic carbocycles. The van der Waals surface area contributed by atoms with E-state index in [4.69, 9.17) is 9.72 Å². The molecule has 152 valence electrons. The summed E-state index contributed by atoms with van der Waals surface area (Å²) in [4.78, 5) is 33.7. The van der Waals surface area contributed by atoms with Gasteiger partial charge in [0.2, 0.25) is 0 Å². The largest absolute Gasteiger partial charge is 0.497 e. The van der Waals surface area contributed by atoms with Crippen LogP contribution in [0.2, 0.25) is 0 Å². The van der Waals surface area contributed by atoms with Gasteiger partial charge in [-0.05, 0) is 37.0 Å². The molecule has 1 aromatic heterocycles. The average molecular weight is 412 g/mol. The molecule has 7 heteroatoms. The molecule has 0 unspecified atom stereocenters. The van der Waals surface area contributed by atoms with Gasteiger partial charge in [0.05, 0.1) is 12.7 Å². The minimum absolute atomic E-state index is 0.0923. The third kappa shape index (κ3) is 3.71. The van der Waals surface area contributed by atoms with Crippen molar-refractivity contribution in [2.45, 2.75) is 55.9 Å². The van der Waals surface area contributed by atoms with E-state index in [9.17, 15) is 9.59 Å². The number of aromatic amines is 1. The van der Waals surface area contributed by atoms with E-state index in [1.54, 1.807) is 18.9 Å². The van der Waals surface area contributed by atoms with Gasteiger partial charge in [-0.2, -0.15) is 0 Å². The van der Waals surface area contributed by atoms with E-state index in [1.165, 1.54) is 0 Å². The average Bonchev–Trinajstić information content (AvgIpc) is 2.72. The number of fused-ring (bicyclic) bond motifs is 1. The number of ketones is 1. The van der Waals surface area contributed by atoms with Crippen molar-refractivity contribution in [3.63, 3.8) is 0 Å². The summed E-state index contributed by atoms with van der Waals surface area (Å²) in [6, 6.07) is 7.58. The van der Waals surface area contributed by atoms with Crippen molar-refractivity contribution in [1.82, 2.24) is 9.97 Å². The summed E-state index contributed by atoms with van der Waals surface area (Å²) in [5.74, 6) is 0.903. The van der Waals surface area contributed by atoms with Gasteiger partial charge >= 0.3 is 0 Å². The Morgan fingerprint density at radius 1 is 1.31 bits per heavy atom. The fraction of sp³-hybridized carbons (Fsp3) is 0.409. The second-order valence-corrected chi connectivity index (χ2v) is 8.90. The predicted octanol–water partition coefficient (Wildman–Crippen LogP) is 4.23. The Morgan fingerprint density at radius 2 is 2.14 bits per heavy atom. The van der Waals surface area contributed by atoms with E-state index in [2.05, 4.69) is 24.1 Å². The van der Waals surface area contributed by atoms with Crippen molar-refractivity contribution in [1.29, 1.82) is 0 Å². The van der Waals surface area contributed by atoms with Gasteiger partial charge in [-0.25, -0.2) is 4.98 Å². The van der Waals surface area contributed by atoms with Gasteiger partial charge in [0.25, 0.3) is 5.56 Å². The van der Waals surface area contributed by atoms with Crippen LogP contribution >= 0.6 is 11.8 Å². The highest BCUT2D eigenvalue weighted by atomic mass is 32.2. The molecular formula is C22H25N3O3S. The van der Waals surface area contributed by atoms with Crippen LogP contribution in [0, 0.1) is 0 Å². The van der Waals surface area contributed by atoms with Gasteiger partial charge in [0.15, 0.2) is 10.9 Å². The van der Waals surface area contributed by atoms with E-state index in [-0.39, 0.29) is 11.3 Å². The summed E-state index contributed by atoms with van der Waals surface area (Å²) >= 11 is 1.55. The molecule has 0 radical (unpaired) electrons. The Hall–Kier alpha value is -2.54. The molecule has 0 fully saturated rings. The normalized spacial score (nSPS) is 19.3. The summed E-state index contributed by atoms with van der Waals surface area (Å²) in [7, 11) is 1.61. The van der Waals surface area contributed by atoms with Crippen molar-refractivity contribution >= 4 is 23.4 Å². The highest BCUT2D eigenvalue weighted by molar-refractivity contribution is 7.99. The number of hydrogen-bond acceptors (Lipinski definition) is 6. The van der Waals surface area contributed by atoms with Crippen LogP contribution in [-0.2, 0) is 4.79 Å². The number of anilines is 1. The van der Waals surface area contributed by atoms with Crippen LogP contribution in [0.5, 0.6) is 5.75 Å². The molecule has 4 rings (SSSR count). The Kier molecular flexibility index (Phi) is 5.50. The monoisotopic (exact) mass is 411 g/mol. The number of hydrogen-bond donors (Lipinski definition) is 2. The molecular weight excluding hydrogens is 386 g/mol. The predicted molar refractivity (Wildman–Crippen MR) is 115 cm³/mol. The van der Waals surface area contributed by atoms with E-state index in [1.807, 2.05) is 24.3 Å². The molecule has 0 amide bonds. The molecule has 0 bridgehead atoms. The molecule has 2 aliphatic rings. The van der Waals surface area contributed by atoms with Crippen LogP contribution in [0.15, 0.2) is 45.5 Å². The van der Waals surface area contributed by atoms with Crippen molar-refractivity contribution in [3.8, 4) is 5.75 Å². The van der Waals surface area contributed by atoms with Crippen molar-refractivity contribution in [3.05, 3.63) is 57.0 Å². The molecule has 1 aromatic carbocycles. The Balaban J connectivity index is 1.89. The number of carbonyl (C=O) groups is 1. The lowest BCUT2D eigenvalue weighted by Crippen LogP contribution is -2.32. The van der Waals surface area contributed by atoms with E-state index in [0.29, 0.717) is 39.5 Å². The highest BCUT2D eigenvalue weighted by Crippen LogP contribution is 2.44. The van der Waals surface area contributed by atoms with Crippen LogP contribution in [-0.4, -0.2) is 28.1 Å². The number of Topliss-reactive ketones (excluding diaryl/α,β-unsaturated/α-hetero) is 1. The molecule has 2 heterocycles. The summed E-state index contributed by atoms with van der Waals surface area (Å²) in [5, 5.41) is 4.26. The Labute approximate surface area is 174 Å². The first-order chi connectivity index (χ1) is 14.0. The molecule has 2 aromatic rings. The van der Waals surface area contributed by atoms with Crippen LogP contribution in [0.3, 0.4) is 0 Å². The first kappa shape index (κ1) is 19.8. The number of nitrogens with one attached hydrogen (secondary N) is 2. The maximum absolute atomic E-state index is 13.2. The minimum Gasteiger partial charge on any atom is -0.497 e. The number of methoxy groups -OCH3 is 1. The number of aromatic nitrogens is 2.